The zero-order chi connectivity index (χ0) is 16.1. The topological polar surface area (TPSA) is 97.5 Å². The summed E-state index contributed by atoms with van der Waals surface area (Å²) in [5.74, 6) is -1.33. The first-order valence-corrected chi connectivity index (χ1v) is 7.26. The van der Waals surface area contributed by atoms with Crippen LogP contribution in [0.3, 0.4) is 0 Å². The van der Waals surface area contributed by atoms with E-state index in [1.165, 1.54) is 0 Å². The number of hydrogen-bond donors (Lipinski definition) is 2. The van der Waals surface area contributed by atoms with Crippen LogP contribution in [0.4, 0.5) is 0 Å². The molecule has 0 spiro atoms. The molecule has 0 aromatic heterocycles. The molecule has 1 aliphatic rings. The van der Waals surface area contributed by atoms with Gasteiger partial charge in [0.2, 0.25) is 0 Å². The minimum Gasteiger partial charge on any atom is -0.480 e. The summed E-state index contributed by atoms with van der Waals surface area (Å²) in [6, 6.07) is 5.62. The van der Waals surface area contributed by atoms with Gasteiger partial charge in [0.05, 0.1) is 6.42 Å². The van der Waals surface area contributed by atoms with Crippen LogP contribution in [0, 0.1) is 0 Å². The molecule has 0 fully saturated rings. The SMILES string of the molecule is NC(Cc1ccc(C(=O)CC(=O)CC2=CCC2)cc1)C(=O)O. The van der Waals surface area contributed by atoms with Crippen LogP contribution < -0.4 is 5.73 Å². The van der Waals surface area contributed by atoms with E-state index in [4.69, 9.17) is 10.8 Å². The van der Waals surface area contributed by atoms with Crippen LogP contribution >= 0.6 is 0 Å². The van der Waals surface area contributed by atoms with Crippen molar-refractivity contribution in [3.05, 3.63) is 47.0 Å². The van der Waals surface area contributed by atoms with Crippen LogP contribution in [0.15, 0.2) is 35.9 Å². The summed E-state index contributed by atoms with van der Waals surface area (Å²) in [7, 11) is 0. The summed E-state index contributed by atoms with van der Waals surface area (Å²) in [6.07, 6.45) is 4.50. The minimum absolute atomic E-state index is 0.0621. The van der Waals surface area contributed by atoms with Crippen molar-refractivity contribution in [1.29, 1.82) is 0 Å². The number of rotatable bonds is 8. The number of nitrogens with two attached hydrogens (primary N) is 1. The van der Waals surface area contributed by atoms with Gasteiger partial charge in [0.1, 0.15) is 11.8 Å². The Morgan fingerprint density at radius 3 is 2.32 bits per heavy atom. The van der Waals surface area contributed by atoms with E-state index in [1.54, 1.807) is 24.3 Å². The monoisotopic (exact) mass is 301 g/mol. The molecule has 0 aliphatic heterocycles. The first-order chi connectivity index (χ1) is 10.5. The lowest BCUT2D eigenvalue weighted by Crippen LogP contribution is -2.32. The molecule has 1 atom stereocenters. The van der Waals surface area contributed by atoms with E-state index in [9.17, 15) is 14.4 Å². The van der Waals surface area contributed by atoms with Crippen molar-refractivity contribution < 1.29 is 19.5 Å². The van der Waals surface area contributed by atoms with Crippen molar-refractivity contribution in [1.82, 2.24) is 0 Å². The number of Topliss-reactive ketones (excluding diaryl/α,β-unsaturated/α-hetero) is 2. The van der Waals surface area contributed by atoms with Crippen molar-refractivity contribution in [3.63, 3.8) is 0 Å². The third kappa shape index (κ3) is 4.36. The van der Waals surface area contributed by atoms with Gasteiger partial charge in [-0.3, -0.25) is 14.4 Å². The molecule has 5 nitrogen and oxygen atoms in total. The number of carbonyl (C=O) groups excluding carboxylic acids is 2. The number of hydrogen-bond acceptors (Lipinski definition) is 4. The second-order valence-corrected chi connectivity index (χ2v) is 5.56. The van der Waals surface area contributed by atoms with Gasteiger partial charge in [-0.05, 0) is 24.8 Å². The Bertz CT molecular complexity index is 616. The van der Waals surface area contributed by atoms with Gasteiger partial charge in [-0.25, -0.2) is 0 Å². The first-order valence-electron chi connectivity index (χ1n) is 7.26. The normalized spacial score (nSPS) is 14.7. The summed E-state index contributed by atoms with van der Waals surface area (Å²) in [4.78, 5) is 34.5. The highest BCUT2D eigenvalue weighted by molar-refractivity contribution is 6.08. The molecule has 0 saturated heterocycles. The summed E-state index contributed by atoms with van der Waals surface area (Å²) >= 11 is 0. The number of ketones is 2. The van der Waals surface area contributed by atoms with Gasteiger partial charge < -0.3 is 10.8 Å². The van der Waals surface area contributed by atoms with Crippen molar-refractivity contribution >= 4 is 17.5 Å². The highest BCUT2D eigenvalue weighted by atomic mass is 16.4. The lowest BCUT2D eigenvalue weighted by atomic mass is 9.92. The maximum absolute atomic E-state index is 12.0. The Kier molecular flexibility index (Phi) is 5.22. The zero-order valence-electron chi connectivity index (χ0n) is 12.2. The van der Waals surface area contributed by atoms with Crippen LogP contribution in [-0.2, 0) is 16.0 Å². The predicted molar refractivity (Wildman–Crippen MR) is 81.6 cm³/mol. The molecule has 1 aromatic rings. The molecular weight excluding hydrogens is 282 g/mol. The van der Waals surface area contributed by atoms with E-state index in [2.05, 4.69) is 0 Å². The summed E-state index contributed by atoms with van der Waals surface area (Å²) in [5.41, 5.74) is 7.79. The van der Waals surface area contributed by atoms with Gasteiger partial charge >= 0.3 is 5.97 Å². The van der Waals surface area contributed by atoms with Gasteiger partial charge in [-0.2, -0.15) is 0 Å². The van der Waals surface area contributed by atoms with E-state index < -0.39 is 12.0 Å². The fourth-order valence-corrected chi connectivity index (χ4v) is 2.27. The molecule has 0 radical (unpaired) electrons. The molecule has 1 aromatic carbocycles. The summed E-state index contributed by atoms with van der Waals surface area (Å²) in [5, 5.41) is 8.76. The third-order valence-corrected chi connectivity index (χ3v) is 3.73. The van der Waals surface area contributed by atoms with Crippen molar-refractivity contribution in [3.8, 4) is 0 Å². The molecule has 1 unspecified atom stereocenters. The van der Waals surface area contributed by atoms with Crippen LogP contribution in [0.1, 0.15) is 41.6 Å². The lowest BCUT2D eigenvalue weighted by molar-refractivity contribution is -0.138. The third-order valence-electron chi connectivity index (χ3n) is 3.73. The Labute approximate surface area is 128 Å². The molecule has 3 N–H and O–H groups in total. The highest BCUT2D eigenvalue weighted by Gasteiger charge is 2.16. The Hall–Kier alpha value is -2.27. The lowest BCUT2D eigenvalue weighted by Gasteiger charge is -2.12. The van der Waals surface area contributed by atoms with E-state index in [-0.39, 0.29) is 24.4 Å². The van der Waals surface area contributed by atoms with Crippen molar-refractivity contribution in [2.24, 2.45) is 5.73 Å². The molecule has 5 heteroatoms. The number of benzene rings is 1. The number of allylic oxidation sites excluding steroid dienone is 2. The standard InChI is InChI=1S/C17H19NO4/c18-15(17(21)22)9-12-4-6-13(7-5-12)16(20)10-14(19)8-11-2-1-3-11/h2,4-7,15H,1,3,8-10,18H2,(H,21,22). The number of carboxylic acid groups (broad SMARTS) is 1. The summed E-state index contributed by atoms with van der Waals surface area (Å²) < 4.78 is 0. The summed E-state index contributed by atoms with van der Waals surface area (Å²) in [6.45, 7) is 0. The molecule has 0 bridgehead atoms. The quantitative estimate of drug-likeness (QED) is 0.434. The number of aliphatic carboxylic acids is 1. The minimum atomic E-state index is -1.06. The van der Waals surface area contributed by atoms with Crippen LogP contribution in [-0.4, -0.2) is 28.7 Å². The predicted octanol–water partition coefficient (Wildman–Crippen LogP) is 1.89. The van der Waals surface area contributed by atoms with Gasteiger partial charge in [0.15, 0.2) is 5.78 Å². The van der Waals surface area contributed by atoms with E-state index >= 15 is 0 Å². The average molecular weight is 301 g/mol. The van der Waals surface area contributed by atoms with Crippen molar-refractivity contribution in [2.45, 2.75) is 38.1 Å². The maximum atomic E-state index is 12.0. The van der Waals surface area contributed by atoms with E-state index in [0.717, 1.165) is 24.0 Å². The maximum Gasteiger partial charge on any atom is 0.320 e. The van der Waals surface area contributed by atoms with E-state index in [0.29, 0.717) is 12.0 Å². The fraction of sp³-hybridized carbons (Fsp3) is 0.353. The van der Waals surface area contributed by atoms with Crippen molar-refractivity contribution in [2.75, 3.05) is 0 Å². The Morgan fingerprint density at radius 1 is 1.18 bits per heavy atom. The molecule has 0 saturated carbocycles. The van der Waals surface area contributed by atoms with E-state index in [1.807, 2.05) is 6.08 Å². The molecule has 1 aliphatic carbocycles. The largest absolute Gasteiger partial charge is 0.480 e. The number of carbonyl (C=O) groups is 3. The molecule has 2 rings (SSSR count). The smallest absolute Gasteiger partial charge is 0.320 e. The van der Waals surface area contributed by atoms with Crippen LogP contribution in [0.25, 0.3) is 0 Å². The number of carboxylic acids is 1. The van der Waals surface area contributed by atoms with Gasteiger partial charge in [0.25, 0.3) is 0 Å². The van der Waals surface area contributed by atoms with Crippen LogP contribution in [0.2, 0.25) is 0 Å². The van der Waals surface area contributed by atoms with Gasteiger partial charge in [0, 0.05) is 12.0 Å². The average Bonchev–Trinajstić information content (AvgIpc) is 2.43. The second-order valence-electron chi connectivity index (χ2n) is 5.56. The van der Waals surface area contributed by atoms with Gasteiger partial charge in [-0.1, -0.05) is 35.9 Å². The second kappa shape index (κ2) is 7.13. The Morgan fingerprint density at radius 2 is 1.82 bits per heavy atom. The molecule has 22 heavy (non-hydrogen) atoms. The van der Waals surface area contributed by atoms with Gasteiger partial charge in [-0.15, -0.1) is 0 Å². The fourth-order valence-electron chi connectivity index (χ4n) is 2.27. The molecule has 116 valence electrons. The Balaban J connectivity index is 1.90. The van der Waals surface area contributed by atoms with Crippen LogP contribution in [0.5, 0.6) is 0 Å². The molecular formula is C17H19NO4. The molecule has 0 amide bonds. The zero-order valence-corrected chi connectivity index (χ0v) is 12.2. The highest BCUT2D eigenvalue weighted by Crippen LogP contribution is 2.22. The molecule has 0 heterocycles. The first kappa shape index (κ1) is 16.1.